The maximum Gasteiger partial charge on any atom is 0.317 e. The molecule has 3 atom stereocenters. The zero-order chi connectivity index (χ0) is 24.8. The van der Waals surface area contributed by atoms with Crippen LogP contribution in [0.15, 0.2) is 36.5 Å². The Morgan fingerprint density at radius 2 is 2.06 bits per heavy atom. The van der Waals surface area contributed by atoms with Gasteiger partial charge in [-0.05, 0) is 37.1 Å². The van der Waals surface area contributed by atoms with Crippen molar-refractivity contribution in [2.75, 3.05) is 33.3 Å². The van der Waals surface area contributed by atoms with Crippen molar-refractivity contribution >= 4 is 11.9 Å². The molecule has 1 aromatic carbocycles. The van der Waals surface area contributed by atoms with Crippen LogP contribution in [0.25, 0.3) is 11.1 Å². The lowest BCUT2D eigenvalue weighted by Crippen LogP contribution is -2.51. The van der Waals surface area contributed by atoms with E-state index in [1.165, 1.54) is 12.1 Å². The second kappa shape index (κ2) is 11.3. The highest BCUT2D eigenvalue weighted by molar-refractivity contribution is 5.98. The summed E-state index contributed by atoms with van der Waals surface area (Å²) in [6.07, 6.45) is 1.99. The van der Waals surface area contributed by atoms with Crippen LogP contribution in [-0.2, 0) is 0 Å². The highest BCUT2D eigenvalue weighted by atomic mass is 19.1. The number of rotatable bonds is 7. The van der Waals surface area contributed by atoms with E-state index in [0.29, 0.717) is 30.8 Å². The smallest absolute Gasteiger partial charge is 0.317 e. The first-order valence-electron chi connectivity index (χ1n) is 11.6. The van der Waals surface area contributed by atoms with Gasteiger partial charge in [-0.1, -0.05) is 26.0 Å². The lowest BCUT2D eigenvalue weighted by molar-refractivity contribution is 0.0352. The summed E-state index contributed by atoms with van der Waals surface area (Å²) in [5.41, 5.74) is 1.62. The number of hydrogen-bond acceptors (Lipinski definition) is 5. The van der Waals surface area contributed by atoms with Gasteiger partial charge in [0.25, 0.3) is 5.91 Å². The first kappa shape index (κ1) is 25.4. The summed E-state index contributed by atoms with van der Waals surface area (Å²) in [5, 5.41) is 12.6. The highest BCUT2D eigenvalue weighted by Crippen LogP contribution is 2.30. The van der Waals surface area contributed by atoms with E-state index in [2.05, 4.69) is 10.3 Å². The van der Waals surface area contributed by atoms with E-state index in [9.17, 15) is 19.1 Å². The Labute approximate surface area is 199 Å². The van der Waals surface area contributed by atoms with E-state index in [1.54, 1.807) is 48.2 Å². The average Bonchev–Trinajstić information content (AvgIpc) is 2.84. The molecule has 3 rings (SSSR count). The van der Waals surface area contributed by atoms with Crippen LogP contribution in [0.4, 0.5) is 9.18 Å². The zero-order valence-corrected chi connectivity index (χ0v) is 20.1. The van der Waals surface area contributed by atoms with E-state index in [0.717, 1.165) is 6.42 Å². The number of carbonyl (C=O) groups excluding carboxylic acids is 2. The molecule has 1 aliphatic rings. The summed E-state index contributed by atoms with van der Waals surface area (Å²) in [4.78, 5) is 33.5. The fourth-order valence-electron chi connectivity index (χ4n) is 3.84. The van der Waals surface area contributed by atoms with Crippen LogP contribution in [0, 0.1) is 11.7 Å². The molecule has 1 aromatic heterocycles. The van der Waals surface area contributed by atoms with Crippen LogP contribution in [0.3, 0.4) is 0 Å². The predicted molar refractivity (Wildman–Crippen MR) is 127 cm³/mol. The van der Waals surface area contributed by atoms with Crippen molar-refractivity contribution in [2.45, 2.75) is 39.3 Å². The quantitative estimate of drug-likeness (QED) is 0.646. The number of pyridine rings is 1. The van der Waals surface area contributed by atoms with Gasteiger partial charge < -0.3 is 25.0 Å². The van der Waals surface area contributed by atoms with Gasteiger partial charge >= 0.3 is 6.03 Å². The standard InChI is InChI=1S/C25H33FN4O4/c1-5-10-27-25(33)29(4)14-22-16(2)13-30(17(3)15-31)24(32)21-11-19(12-28-23(21)34-22)18-6-8-20(26)9-7-18/h6-9,11-12,16-17,22,31H,5,10,13-15H2,1-4H3,(H,27,33)/t16-,17-,22-/m0/s1. The number of carbonyl (C=O) groups is 2. The molecule has 0 bridgehead atoms. The third kappa shape index (κ3) is 5.83. The van der Waals surface area contributed by atoms with Crippen molar-refractivity contribution in [1.82, 2.24) is 20.1 Å². The number of urea groups is 1. The van der Waals surface area contributed by atoms with Gasteiger partial charge in [-0.2, -0.15) is 0 Å². The minimum absolute atomic E-state index is 0.133. The number of likely N-dealkylation sites (N-methyl/N-ethyl adjacent to an activating group) is 1. The summed E-state index contributed by atoms with van der Waals surface area (Å²) in [6, 6.07) is 7.01. The van der Waals surface area contributed by atoms with Crippen molar-refractivity contribution in [1.29, 1.82) is 0 Å². The molecule has 0 fully saturated rings. The molecule has 0 saturated carbocycles. The van der Waals surface area contributed by atoms with Gasteiger partial charge in [0.05, 0.1) is 19.2 Å². The molecule has 34 heavy (non-hydrogen) atoms. The number of hydrogen-bond donors (Lipinski definition) is 2. The molecule has 0 aliphatic carbocycles. The SMILES string of the molecule is CCCNC(=O)N(C)C[C@@H]1Oc2ncc(-c3ccc(F)cc3)cc2C(=O)N([C@@H](C)CO)C[C@@H]1C. The predicted octanol–water partition coefficient (Wildman–Crippen LogP) is 3.16. The van der Waals surface area contributed by atoms with Gasteiger partial charge in [0.1, 0.15) is 17.5 Å². The number of nitrogens with one attached hydrogen (secondary N) is 1. The largest absolute Gasteiger partial charge is 0.472 e. The maximum atomic E-state index is 13.5. The summed E-state index contributed by atoms with van der Waals surface area (Å²) in [6.45, 7) is 6.74. The lowest BCUT2D eigenvalue weighted by Gasteiger charge is -2.37. The molecule has 8 nitrogen and oxygen atoms in total. The average molecular weight is 473 g/mol. The summed E-state index contributed by atoms with van der Waals surface area (Å²) < 4.78 is 19.6. The normalized spacial score (nSPS) is 18.9. The molecule has 2 N–H and O–H groups in total. The monoisotopic (exact) mass is 472 g/mol. The Balaban J connectivity index is 1.97. The number of aliphatic hydroxyl groups is 1. The molecular weight excluding hydrogens is 439 g/mol. The van der Waals surface area contributed by atoms with Gasteiger partial charge in [-0.25, -0.2) is 14.2 Å². The van der Waals surface area contributed by atoms with Crippen LogP contribution >= 0.6 is 0 Å². The van der Waals surface area contributed by atoms with Crippen LogP contribution in [0.2, 0.25) is 0 Å². The van der Waals surface area contributed by atoms with Gasteiger partial charge in [0, 0.05) is 37.8 Å². The minimum Gasteiger partial charge on any atom is -0.472 e. The second-order valence-electron chi connectivity index (χ2n) is 8.82. The minimum atomic E-state index is -0.429. The van der Waals surface area contributed by atoms with Crippen LogP contribution < -0.4 is 10.1 Å². The molecule has 1 aliphatic heterocycles. The van der Waals surface area contributed by atoms with Crippen LogP contribution in [-0.4, -0.2) is 77.3 Å². The number of aliphatic hydroxyl groups excluding tert-OH is 1. The second-order valence-corrected chi connectivity index (χ2v) is 8.82. The number of fused-ring (bicyclic) bond motifs is 1. The van der Waals surface area contributed by atoms with E-state index >= 15 is 0 Å². The summed E-state index contributed by atoms with van der Waals surface area (Å²) in [5.74, 6) is -0.613. The van der Waals surface area contributed by atoms with E-state index in [-0.39, 0.29) is 41.7 Å². The molecule has 0 radical (unpaired) electrons. The molecular formula is C25H33FN4O4. The van der Waals surface area contributed by atoms with Crippen molar-refractivity contribution in [3.63, 3.8) is 0 Å². The van der Waals surface area contributed by atoms with Crippen molar-refractivity contribution in [3.05, 3.63) is 47.9 Å². The number of halogens is 1. The van der Waals surface area contributed by atoms with Crippen LogP contribution in [0.5, 0.6) is 5.88 Å². The molecule has 0 spiro atoms. The van der Waals surface area contributed by atoms with Gasteiger partial charge in [0.15, 0.2) is 0 Å². The molecule has 2 aromatic rings. The van der Waals surface area contributed by atoms with E-state index in [4.69, 9.17) is 4.74 Å². The number of aromatic nitrogens is 1. The Hall–Kier alpha value is -3.20. The number of benzene rings is 1. The molecule has 3 amide bonds. The Morgan fingerprint density at radius 3 is 2.71 bits per heavy atom. The molecule has 9 heteroatoms. The summed E-state index contributed by atoms with van der Waals surface area (Å²) in [7, 11) is 1.70. The van der Waals surface area contributed by atoms with E-state index in [1.807, 2.05) is 13.8 Å². The van der Waals surface area contributed by atoms with Crippen molar-refractivity contribution in [2.24, 2.45) is 5.92 Å². The molecule has 0 unspecified atom stereocenters. The third-order valence-electron chi connectivity index (χ3n) is 6.03. The van der Waals surface area contributed by atoms with Crippen molar-refractivity contribution in [3.8, 4) is 17.0 Å². The number of ether oxygens (including phenoxy) is 1. The number of amides is 3. The molecule has 2 heterocycles. The maximum absolute atomic E-state index is 13.5. The van der Waals surface area contributed by atoms with Gasteiger partial charge in [0.2, 0.25) is 5.88 Å². The van der Waals surface area contributed by atoms with Crippen molar-refractivity contribution < 1.29 is 23.8 Å². The van der Waals surface area contributed by atoms with Gasteiger partial charge in [-0.15, -0.1) is 0 Å². The Bertz CT molecular complexity index is 1000. The highest BCUT2D eigenvalue weighted by Gasteiger charge is 2.34. The fourth-order valence-corrected chi connectivity index (χ4v) is 3.84. The molecule has 184 valence electrons. The lowest BCUT2D eigenvalue weighted by atomic mass is 9.99. The Morgan fingerprint density at radius 1 is 1.35 bits per heavy atom. The zero-order valence-electron chi connectivity index (χ0n) is 20.1. The third-order valence-corrected chi connectivity index (χ3v) is 6.03. The fraction of sp³-hybridized carbons (Fsp3) is 0.480. The van der Waals surface area contributed by atoms with E-state index < -0.39 is 12.1 Å². The van der Waals surface area contributed by atoms with Crippen LogP contribution in [0.1, 0.15) is 37.6 Å². The summed E-state index contributed by atoms with van der Waals surface area (Å²) >= 11 is 0. The topological polar surface area (TPSA) is 95.0 Å². The Kier molecular flexibility index (Phi) is 8.44. The number of nitrogens with zero attached hydrogens (tertiary/aromatic N) is 3. The molecule has 0 saturated heterocycles. The first-order valence-corrected chi connectivity index (χ1v) is 11.6. The first-order chi connectivity index (χ1) is 16.2. The van der Waals surface area contributed by atoms with Gasteiger partial charge in [-0.3, -0.25) is 4.79 Å².